The van der Waals surface area contributed by atoms with Crippen molar-refractivity contribution in [1.29, 1.82) is 0 Å². The number of fused-ring (bicyclic) bond motifs is 1. The second kappa shape index (κ2) is 5.20. The summed E-state index contributed by atoms with van der Waals surface area (Å²) in [5.41, 5.74) is 6.32. The third-order valence-corrected chi connectivity index (χ3v) is 3.11. The van der Waals surface area contributed by atoms with Gasteiger partial charge in [0.05, 0.1) is 4.92 Å². The average Bonchev–Trinajstić information content (AvgIpc) is 2.93. The molecule has 2 aromatic rings. The van der Waals surface area contributed by atoms with E-state index in [0.29, 0.717) is 22.8 Å². The molecule has 0 saturated heterocycles. The van der Waals surface area contributed by atoms with E-state index in [0.717, 1.165) is 0 Å². The van der Waals surface area contributed by atoms with Gasteiger partial charge in [-0.25, -0.2) is 0 Å². The Bertz CT molecular complexity index is 702. The Labute approximate surface area is 120 Å². The van der Waals surface area contributed by atoms with Gasteiger partial charge in [-0.2, -0.15) is 0 Å². The number of nitro groups is 1. The molecule has 1 aliphatic heterocycles. The first kappa shape index (κ1) is 13.0. The fourth-order valence-corrected chi connectivity index (χ4v) is 2.01. The predicted molar refractivity (Wildman–Crippen MR) is 74.4 cm³/mol. The van der Waals surface area contributed by atoms with Gasteiger partial charge in [-0.05, 0) is 12.1 Å². The first-order chi connectivity index (χ1) is 10.1. The Morgan fingerprint density at radius 1 is 1.24 bits per heavy atom. The second-order valence-corrected chi connectivity index (χ2v) is 4.41. The number of benzene rings is 2. The van der Waals surface area contributed by atoms with Gasteiger partial charge in [-0.15, -0.1) is 0 Å². The third-order valence-electron chi connectivity index (χ3n) is 3.11. The highest BCUT2D eigenvalue weighted by molar-refractivity contribution is 5.62. The number of ether oxygens (including phenoxy) is 3. The normalized spacial score (nSPS) is 12.2. The summed E-state index contributed by atoms with van der Waals surface area (Å²) in [6.45, 7) is 0.323. The van der Waals surface area contributed by atoms with Crippen molar-refractivity contribution in [2.75, 3.05) is 12.5 Å². The summed E-state index contributed by atoms with van der Waals surface area (Å²) in [7, 11) is 0. The molecule has 21 heavy (non-hydrogen) atoms. The molecule has 0 atom stereocenters. The molecule has 1 aliphatic rings. The Kier molecular flexibility index (Phi) is 3.23. The first-order valence-electron chi connectivity index (χ1n) is 6.19. The van der Waals surface area contributed by atoms with E-state index in [1.54, 1.807) is 30.3 Å². The number of nitrogen functional groups attached to an aromatic ring is 1. The summed E-state index contributed by atoms with van der Waals surface area (Å²) in [5, 5.41) is 10.8. The van der Waals surface area contributed by atoms with Crippen LogP contribution in [0.3, 0.4) is 0 Å². The lowest BCUT2D eigenvalue weighted by atomic mass is 10.1. The van der Waals surface area contributed by atoms with Gasteiger partial charge in [0.2, 0.25) is 6.79 Å². The third kappa shape index (κ3) is 2.53. The molecule has 3 rings (SSSR count). The van der Waals surface area contributed by atoms with Crippen LogP contribution in [0.1, 0.15) is 5.56 Å². The van der Waals surface area contributed by atoms with Crippen molar-refractivity contribution in [3.8, 4) is 17.2 Å². The second-order valence-electron chi connectivity index (χ2n) is 4.41. The number of nitrogens with zero attached hydrogens (tertiary/aromatic N) is 1. The topological polar surface area (TPSA) is 96.9 Å². The van der Waals surface area contributed by atoms with Crippen molar-refractivity contribution < 1.29 is 19.1 Å². The molecule has 0 fully saturated rings. The highest BCUT2D eigenvalue weighted by Crippen LogP contribution is 2.35. The molecule has 7 heteroatoms. The number of anilines is 1. The SMILES string of the molecule is Nc1c(COc2ccc3c(c2)OCO3)cccc1[N+](=O)[O-]. The van der Waals surface area contributed by atoms with Gasteiger partial charge in [0.25, 0.3) is 5.69 Å². The number of hydrogen-bond donors (Lipinski definition) is 1. The van der Waals surface area contributed by atoms with Crippen LogP contribution in [-0.4, -0.2) is 11.7 Å². The zero-order chi connectivity index (χ0) is 14.8. The molecule has 7 nitrogen and oxygen atoms in total. The lowest BCUT2D eigenvalue weighted by molar-refractivity contribution is -0.384. The molecule has 108 valence electrons. The largest absolute Gasteiger partial charge is 0.489 e. The van der Waals surface area contributed by atoms with E-state index in [-0.39, 0.29) is 24.8 Å². The maximum Gasteiger partial charge on any atom is 0.292 e. The van der Waals surface area contributed by atoms with Crippen LogP contribution in [-0.2, 0) is 6.61 Å². The van der Waals surface area contributed by atoms with Gasteiger partial charge in [-0.1, -0.05) is 12.1 Å². The van der Waals surface area contributed by atoms with Gasteiger partial charge < -0.3 is 19.9 Å². The number of nitrogens with two attached hydrogens (primary N) is 1. The molecule has 0 radical (unpaired) electrons. The number of hydrogen-bond acceptors (Lipinski definition) is 6. The summed E-state index contributed by atoms with van der Waals surface area (Å²) in [6.07, 6.45) is 0. The lowest BCUT2D eigenvalue weighted by Gasteiger charge is -2.09. The van der Waals surface area contributed by atoms with Crippen LogP contribution in [0.25, 0.3) is 0 Å². The van der Waals surface area contributed by atoms with Crippen molar-refractivity contribution in [1.82, 2.24) is 0 Å². The minimum absolute atomic E-state index is 0.114. The maximum atomic E-state index is 10.8. The highest BCUT2D eigenvalue weighted by atomic mass is 16.7. The highest BCUT2D eigenvalue weighted by Gasteiger charge is 2.16. The molecular formula is C14H12N2O5. The van der Waals surface area contributed by atoms with Gasteiger partial charge in [0.1, 0.15) is 18.0 Å². The number of para-hydroxylation sites is 1. The van der Waals surface area contributed by atoms with Crippen LogP contribution in [0.4, 0.5) is 11.4 Å². The number of rotatable bonds is 4. The molecular weight excluding hydrogens is 276 g/mol. The number of nitro benzene ring substituents is 1. The monoisotopic (exact) mass is 288 g/mol. The summed E-state index contributed by atoms with van der Waals surface area (Å²) < 4.78 is 16.0. The zero-order valence-corrected chi connectivity index (χ0v) is 10.9. The van der Waals surface area contributed by atoms with Gasteiger partial charge in [0.15, 0.2) is 11.5 Å². The van der Waals surface area contributed by atoms with Crippen LogP contribution in [0, 0.1) is 10.1 Å². The van der Waals surface area contributed by atoms with Gasteiger partial charge >= 0.3 is 0 Å². The summed E-state index contributed by atoms with van der Waals surface area (Å²) in [4.78, 5) is 10.3. The lowest BCUT2D eigenvalue weighted by Crippen LogP contribution is -2.03. The quantitative estimate of drug-likeness (QED) is 0.527. The van der Waals surface area contributed by atoms with Crippen LogP contribution < -0.4 is 19.9 Å². The fourth-order valence-electron chi connectivity index (χ4n) is 2.01. The van der Waals surface area contributed by atoms with Gasteiger partial charge in [-0.3, -0.25) is 10.1 Å². The van der Waals surface area contributed by atoms with Crippen LogP contribution in [0.5, 0.6) is 17.2 Å². The Balaban J connectivity index is 1.76. The molecule has 0 unspecified atom stereocenters. The van der Waals surface area contributed by atoms with Crippen molar-refractivity contribution in [2.45, 2.75) is 6.61 Å². The summed E-state index contributed by atoms with van der Waals surface area (Å²) >= 11 is 0. The maximum absolute atomic E-state index is 10.8. The predicted octanol–water partition coefficient (Wildman–Crippen LogP) is 2.48. The van der Waals surface area contributed by atoms with Gasteiger partial charge in [0, 0.05) is 17.7 Å². The van der Waals surface area contributed by atoms with Crippen LogP contribution in [0.2, 0.25) is 0 Å². The standard InChI is InChI=1S/C14H12N2O5/c15-14-9(2-1-3-11(14)16(17)18)7-19-10-4-5-12-13(6-10)21-8-20-12/h1-6H,7-8,15H2. The van der Waals surface area contributed by atoms with E-state index in [1.165, 1.54) is 6.07 Å². The zero-order valence-electron chi connectivity index (χ0n) is 10.9. The molecule has 2 N–H and O–H groups in total. The molecule has 0 bridgehead atoms. The first-order valence-corrected chi connectivity index (χ1v) is 6.19. The van der Waals surface area contributed by atoms with Crippen molar-refractivity contribution in [3.63, 3.8) is 0 Å². The van der Waals surface area contributed by atoms with E-state index in [4.69, 9.17) is 19.9 Å². The summed E-state index contributed by atoms with van der Waals surface area (Å²) in [5.74, 6) is 1.85. The van der Waals surface area contributed by atoms with Crippen LogP contribution in [0.15, 0.2) is 36.4 Å². The molecule has 0 saturated carbocycles. The minimum atomic E-state index is -0.514. The molecule has 0 aromatic heterocycles. The van der Waals surface area contributed by atoms with Crippen LogP contribution >= 0.6 is 0 Å². The molecule has 0 amide bonds. The van der Waals surface area contributed by atoms with E-state index in [9.17, 15) is 10.1 Å². The van der Waals surface area contributed by atoms with Crippen molar-refractivity contribution >= 4 is 11.4 Å². The fraction of sp³-hybridized carbons (Fsp3) is 0.143. The van der Waals surface area contributed by atoms with E-state index >= 15 is 0 Å². The summed E-state index contributed by atoms with van der Waals surface area (Å²) in [6, 6.07) is 9.81. The molecule has 1 heterocycles. The van der Waals surface area contributed by atoms with Crippen molar-refractivity contribution in [2.24, 2.45) is 0 Å². The molecule has 2 aromatic carbocycles. The van der Waals surface area contributed by atoms with Crippen molar-refractivity contribution in [3.05, 3.63) is 52.1 Å². The Morgan fingerprint density at radius 3 is 2.86 bits per heavy atom. The molecule has 0 spiro atoms. The van der Waals surface area contributed by atoms with E-state index < -0.39 is 4.92 Å². The Morgan fingerprint density at radius 2 is 2.05 bits per heavy atom. The minimum Gasteiger partial charge on any atom is -0.489 e. The Hall–Kier alpha value is -2.96. The smallest absolute Gasteiger partial charge is 0.292 e. The van der Waals surface area contributed by atoms with E-state index in [2.05, 4.69) is 0 Å². The van der Waals surface area contributed by atoms with E-state index in [1.807, 2.05) is 0 Å². The average molecular weight is 288 g/mol. The molecule has 0 aliphatic carbocycles.